The molecule has 0 bridgehead atoms. The maximum Gasteiger partial charge on any atom is 0.573 e. The second kappa shape index (κ2) is 6.26. The summed E-state index contributed by atoms with van der Waals surface area (Å²) in [5, 5.41) is 0.525. The molecule has 2 heterocycles. The van der Waals surface area contributed by atoms with Crippen molar-refractivity contribution in [1.29, 1.82) is 0 Å². The Bertz CT molecular complexity index is 1030. The van der Waals surface area contributed by atoms with Gasteiger partial charge in [-0.3, -0.25) is 9.36 Å². The number of nitrogens with zero attached hydrogens (tertiary/aromatic N) is 2. The van der Waals surface area contributed by atoms with E-state index in [9.17, 15) is 18.0 Å². The minimum atomic E-state index is -4.78. The molecular formula is C15H8BrCl2F3N2O2. The van der Waals surface area contributed by atoms with E-state index in [1.807, 2.05) is 0 Å². The Morgan fingerprint density at radius 2 is 1.76 bits per heavy atom. The third-order valence-electron chi connectivity index (χ3n) is 3.52. The lowest BCUT2D eigenvalue weighted by Crippen LogP contribution is -2.19. The Labute approximate surface area is 157 Å². The molecule has 0 fully saturated rings. The van der Waals surface area contributed by atoms with Gasteiger partial charge in [0.25, 0.3) is 5.56 Å². The zero-order valence-electron chi connectivity index (χ0n) is 12.4. The van der Waals surface area contributed by atoms with Crippen LogP contribution in [-0.2, 0) is 7.05 Å². The standard InChI is InChI=1S/C15H8BrCl2F3N2O2/c1-22-12-9(16)6-23(14(24)10(12)11(17)13(22)18)7-2-4-8(5-3-7)25-15(19,20)21/h2-6H,1H3. The van der Waals surface area contributed by atoms with Crippen molar-refractivity contribution in [3.8, 4) is 11.4 Å². The molecule has 25 heavy (non-hydrogen) atoms. The van der Waals surface area contributed by atoms with Crippen molar-refractivity contribution in [3.05, 3.63) is 55.5 Å². The number of aryl methyl sites for hydroxylation is 1. The Kier molecular flexibility index (Phi) is 4.55. The second-order valence-corrected chi connectivity index (χ2v) is 6.67. The number of fused-ring (bicyclic) bond motifs is 1. The average molecular weight is 456 g/mol. The second-order valence-electron chi connectivity index (χ2n) is 5.08. The number of benzene rings is 1. The van der Waals surface area contributed by atoms with Crippen LogP contribution in [-0.4, -0.2) is 15.5 Å². The van der Waals surface area contributed by atoms with Crippen LogP contribution in [0.2, 0.25) is 10.2 Å². The fourth-order valence-corrected chi connectivity index (χ4v) is 3.59. The predicted molar refractivity (Wildman–Crippen MR) is 92.9 cm³/mol. The predicted octanol–water partition coefficient (Wildman–Crippen LogP) is 5.30. The molecule has 0 spiro atoms. The first-order valence-corrected chi connectivity index (χ1v) is 8.26. The van der Waals surface area contributed by atoms with Gasteiger partial charge in [-0.1, -0.05) is 23.2 Å². The molecule has 0 atom stereocenters. The van der Waals surface area contributed by atoms with Crippen LogP contribution in [0, 0.1) is 0 Å². The summed E-state index contributed by atoms with van der Waals surface area (Å²) in [6.07, 6.45) is -3.29. The van der Waals surface area contributed by atoms with Crippen molar-refractivity contribution >= 4 is 50.0 Å². The first-order chi connectivity index (χ1) is 11.6. The highest BCUT2D eigenvalue weighted by Crippen LogP contribution is 2.35. The van der Waals surface area contributed by atoms with Gasteiger partial charge in [0.15, 0.2) is 0 Å². The Morgan fingerprint density at radius 3 is 2.32 bits per heavy atom. The number of alkyl halides is 3. The zero-order valence-corrected chi connectivity index (χ0v) is 15.5. The molecule has 0 saturated heterocycles. The number of halogens is 6. The van der Waals surface area contributed by atoms with Gasteiger partial charge in [-0.05, 0) is 40.2 Å². The summed E-state index contributed by atoms with van der Waals surface area (Å²) in [6.45, 7) is 0. The monoisotopic (exact) mass is 454 g/mol. The molecule has 0 aliphatic carbocycles. The summed E-state index contributed by atoms with van der Waals surface area (Å²) in [4.78, 5) is 12.8. The number of ether oxygens (including phenoxy) is 1. The molecule has 0 amide bonds. The highest BCUT2D eigenvalue weighted by Gasteiger charge is 2.31. The Morgan fingerprint density at radius 1 is 1.16 bits per heavy atom. The number of pyridine rings is 1. The fourth-order valence-electron chi connectivity index (χ4n) is 2.45. The van der Waals surface area contributed by atoms with Crippen LogP contribution in [0.15, 0.2) is 39.7 Å². The van der Waals surface area contributed by atoms with Crippen LogP contribution >= 0.6 is 39.1 Å². The van der Waals surface area contributed by atoms with Crippen LogP contribution < -0.4 is 10.3 Å². The summed E-state index contributed by atoms with van der Waals surface area (Å²) in [7, 11) is 1.66. The number of hydrogen-bond donors (Lipinski definition) is 0. The third-order valence-corrected chi connectivity index (χ3v) is 5.00. The quantitative estimate of drug-likeness (QED) is 0.525. The minimum absolute atomic E-state index is 0.108. The molecule has 0 saturated carbocycles. The molecule has 4 nitrogen and oxygen atoms in total. The van der Waals surface area contributed by atoms with E-state index in [1.54, 1.807) is 11.6 Å². The van der Waals surface area contributed by atoms with Crippen molar-refractivity contribution in [1.82, 2.24) is 9.13 Å². The van der Waals surface area contributed by atoms with Crippen LogP contribution in [0.5, 0.6) is 5.75 Å². The maximum absolute atomic E-state index is 12.8. The van der Waals surface area contributed by atoms with Crippen molar-refractivity contribution in [3.63, 3.8) is 0 Å². The number of rotatable bonds is 2. The van der Waals surface area contributed by atoms with Gasteiger partial charge in [0.05, 0.1) is 20.4 Å². The SMILES string of the molecule is Cn1c(Cl)c(Cl)c2c(=O)n(-c3ccc(OC(F)(F)F)cc3)cc(Br)c21. The van der Waals surface area contributed by atoms with E-state index < -0.39 is 11.9 Å². The molecule has 0 unspecified atom stereocenters. The van der Waals surface area contributed by atoms with E-state index in [2.05, 4.69) is 20.7 Å². The summed E-state index contributed by atoms with van der Waals surface area (Å²) >= 11 is 15.6. The highest BCUT2D eigenvalue weighted by atomic mass is 79.9. The Hall–Kier alpha value is -1.64. The Balaban J connectivity index is 2.15. The average Bonchev–Trinajstić information content (AvgIpc) is 2.75. The topological polar surface area (TPSA) is 36.2 Å². The van der Waals surface area contributed by atoms with E-state index >= 15 is 0 Å². The maximum atomic E-state index is 12.8. The van der Waals surface area contributed by atoms with E-state index in [0.717, 1.165) is 12.1 Å². The van der Waals surface area contributed by atoms with Crippen molar-refractivity contribution in [2.24, 2.45) is 7.05 Å². The van der Waals surface area contributed by atoms with Gasteiger partial charge in [-0.25, -0.2) is 0 Å². The summed E-state index contributed by atoms with van der Waals surface area (Å²) < 4.78 is 43.9. The molecule has 0 aliphatic rings. The molecule has 10 heteroatoms. The van der Waals surface area contributed by atoms with E-state index in [1.165, 1.54) is 22.9 Å². The summed E-state index contributed by atoms with van der Waals surface area (Å²) in [5.41, 5.74) is 0.418. The molecule has 0 aliphatic heterocycles. The van der Waals surface area contributed by atoms with Gasteiger partial charge in [0.2, 0.25) is 0 Å². The largest absolute Gasteiger partial charge is 0.573 e. The van der Waals surface area contributed by atoms with Crippen molar-refractivity contribution < 1.29 is 17.9 Å². The molecule has 0 N–H and O–H groups in total. The van der Waals surface area contributed by atoms with Gasteiger partial charge in [-0.2, -0.15) is 0 Å². The van der Waals surface area contributed by atoms with Crippen LogP contribution in [0.3, 0.4) is 0 Å². The van der Waals surface area contributed by atoms with Crippen LogP contribution in [0.4, 0.5) is 13.2 Å². The van der Waals surface area contributed by atoms with Gasteiger partial charge in [0, 0.05) is 18.9 Å². The number of hydrogen-bond acceptors (Lipinski definition) is 2. The van der Waals surface area contributed by atoms with Gasteiger partial charge >= 0.3 is 6.36 Å². The molecule has 2 aromatic heterocycles. The van der Waals surface area contributed by atoms with Gasteiger partial charge < -0.3 is 9.30 Å². The van der Waals surface area contributed by atoms with Gasteiger partial charge in [-0.15, -0.1) is 13.2 Å². The summed E-state index contributed by atoms with van der Waals surface area (Å²) in [6, 6.07) is 4.90. The first-order valence-electron chi connectivity index (χ1n) is 6.71. The molecule has 132 valence electrons. The van der Waals surface area contributed by atoms with E-state index in [-0.39, 0.29) is 21.3 Å². The normalized spacial score (nSPS) is 12.0. The van der Waals surface area contributed by atoms with E-state index in [4.69, 9.17) is 23.2 Å². The molecule has 0 radical (unpaired) electrons. The first kappa shape index (κ1) is 18.2. The third kappa shape index (κ3) is 3.26. The lowest BCUT2D eigenvalue weighted by atomic mass is 10.2. The van der Waals surface area contributed by atoms with E-state index in [0.29, 0.717) is 15.7 Å². The molecule has 3 aromatic rings. The van der Waals surface area contributed by atoms with Crippen molar-refractivity contribution in [2.75, 3.05) is 0 Å². The fraction of sp³-hybridized carbons (Fsp3) is 0.133. The highest BCUT2D eigenvalue weighted by molar-refractivity contribution is 9.10. The molecular weight excluding hydrogens is 448 g/mol. The van der Waals surface area contributed by atoms with Crippen LogP contribution in [0.1, 0.15) is 0 Å². The van der Waals surface area contributed by atoms with Gasteiger partial charge in [0.1, 0.15) is 10.9 Å². The lowest BCUT2D eigenvalue weighted by Gasteiger charge is -2.11. The molecule has 1 aromatic carbocycles. The van der Waals surface area contributed by atoms with Crippen LogP contribution in [0.25, 0.3) is 16.6 Å². The zero-order chi connectivity index (χ0) is 18.5. The molecule has 3 rings (SSSR count). The minimum Gasteiger partial charge on any atom is -0.406 e. The number of aromatic nitrogens is 2. The van der Waals surface area contributed by atoms with Crippen molar-refractivity contribution in [2.45, 2.75) is 6.36 Å². The lowest BCUT2D eigenvalue weighted by molar-refractivity contribution is -0.274. The summed E-state index contributed by atoms with van der Waals surface area (Å²) in [5.74, 6) is -0.384. The smallest absolute Gasteiger partial charge is 0.406 e.